The summed E-state index contributed by atoms with van der Waals surface area (Å²) in [7, 11) is 1.46. The summed E-state index contributed by atoms with van der Waals surface area (Å²) >= 11 is 0. The van der Waals surface area contributed by atoms with Crippen molar-refractivity contribution in [2.75, 3.05) is 14.2 Å². The summed E-state index contributed by atoms with van der Waals surface area (Å²) in [6.45, 7) is 11.1. The molecular weight excluding hydrogens is 244 g/mol. The molecule has 0 saturated carbocycles. The van der Waals surface area contributed by atoms with Crippen LogP contribution in [0, 0.1) is 0 Å². The fourth-order valence-corrected chi connectivity index (χ4v) is 2.35. The second-order valence-corrected chi connectivity index (χ2v) is 10.6. The van der Waals surface area contributed by atoms with Gasteiger partial charge in [-0.3, -0.25) is 0 Å². The highest BCUT2D eigenvalue weighted by Gasteiger charge is 2.39. The molecule has 0 amide bonds. The van der Waals surface area contributed by atoms with E-state index in [-0.39, 0.29) is 5.04 Å². The maximum atomic E-state index is 6.21. The molecule has 1 aromatic carbocycles. The first-order valence-electron chi connectivity index (χ1n) is 6.12. The van der Waals surface area contributed by atoms with Crippen molar-refractivity contribution in [3.05, 3.63) is 18.2 Å². The first kappa shape index (κ1) is 14.9. The monoisotopic (exact) mass is 268 g/mol. The van der Waals surface area contributed by atoms with E-state index in [1.54, 1.807) is 14.2 Å². The Balaban J connectivity index is 2.99. The van der Waals surface area contributed by atoms with Crippen molar-refractivity contribution < 1.29 is 13.9 Å². The van der Waals surface area contributed by atoms with E-state index in [4.69, 9.17) is 13.9 Å². The van der Waals surface area contributed by atoms with Gasteiger partial charge in [0.05, 0.1) is 14.2 Å². The first-order chi connectivity index (χ1) is 8.21. The lowest BCUT2D eigenvalue weighted by Gasteiger charge is -2.36. The summed E-state index contributed by atoms with van der Waals surface area (Å²) in [5.41, 5.74) is 0. The van der Waals surface area contributed by atoms with Gasteiger partial charge < -0.3 is 13.9 Å². The zero-order chi connectivity index (χ0) is 14.0. The van der Waals surface area contributed by atoms with E-state index in [0.29, 0.717) is 5.75 Å². The maximum Gasteiger partial charge on any atom is 0.250 e. The number of benzene rings is 1. The van der Waals surface area contributed by atoms with Crippen LogP contribution in [0.5, 0.6) is 17.2 Å². The van der Waals surface area contributed by atoms with Gasteiger partial charge in [-0.25, -0.2) is 0 Å². The zero-order valence-corrected chi connectivity index (χ0v) is 13.5. The van der Waals surface area contributed by atoms with Gasteiger partial charge >= 0.3 is 0 Å². The van der Waals surface area contributed by atoms with E-state index in [2.05, 4.69) is 33.9 Å². The third kappa shape index (κ3) is 3.19. The van der Waals surface area contributed by atoms with Crippen molar-refractivity contribution in [2.45, 2.75) is 38.9 Å². The van der Waals surface area contributed by atoms with Crippen LogP contribution < -0.4 is 13.9 Å². The van der Waals surface area contributed by atoms with Gasteiger partial charge in [-0.05, 0) is 30.3 Å². The molecule has 1 aromatic rings. The lowest BCUT2D eigenvalue weighted by Crippen LogP contribution is -2.43. The number of methoxy groups -OCH3 is 2. The zero-order valence-electron chi connectivity index (χ0n) is 12.5. The summed E-state index contributed by atoms with van der Waals surface area (Å²) < 4.78 is 16.7. The molecule has 0 aliphatic carbocycles. The minimum atomic E-state index is -1.81. The summed E-state index contributed by atoms with van der Waals surface area (Å²) in [5, 5.41) is 0.181. The van der Waals surface area contributed by atoms with E-state index in [9.17, 15) is 0 Å². The molecule has 0 N–H and O–H groups in total. The average molecular weight is 268 g/mol. The summed E-state index contributed by atoms with van der Waals surface area (Å²) in [4.78, 5) is 0. The number of rotatable bonds is 4. The molecule has 102 valence electrons. The van der Waals surface area contributed by atoms with E-state index in [0.717, 1.165) is 11.5 Å². The van der Waals surface area contributed by atoms with Gasteiger partial charge in [-0.2, -0.15) is 0 Å². The SMILES string of the molecule is COc1ccc(O[Si](C)(C)C(C)(C)C)cc1OC. The molecule has 0 bridgehead atoms. The van der Waals surface area contributed by atoms with Crippen LogP contribution >= 0.6 is 0 Å². The maximum absolute atomic E-state index is 6.21. The van der Waals surface area contributed by atoms with Gasteiger partial charge in [0.1, 0.15) is 5.75 Å². The van der Waals surface area contributed by atoms with Crippen molar-refractivity contribution in [3.8, 4) is 17.2 Å². The minimum Gasteiger partial charge on any atom is -0.543 e. The van der Waals surface area contributed by atoms with Gasteiger partial charge in [0.25, 0.3) is 0 Å². The van der Waals surface area contributed by atoms with Gasteiger partial charge in [-0.15, -0.1) is 0 Å². The topological polar surface area (TPSA) is 27.7 Å². The predicted molar refractivity (Wildman–Crippen MR) is 77.4 cm³/mol. The van der Waals surface area contributed by atoms with Crippen molar-refractivity contribution in [2.24, 2.45) is 0 Å². The summed E-state index contributed by atoms with van der Waals surface area (Å²) in [6.07, 6.45) is 0. The molecule has 0 saturated heterocycles. The highest BCUT2D eigenvalue weighted by Crippen LogP contribution is 2.39. The Morgan fingerprint density at radius 3 is 1.94 bits per heavy atom. The molecule has 0 fully saturated rings. The summed E-state index contributed by atoms with van der Waals surface area (Å²) in [5.74, 6) is 2.27. The van der Waals surface area contributed by atoms with Crippen LogP contribution in [0.25, 0.3) is 0 Å². The van der Waals surface area contributed by atoms with E-state index in [1.807, 2.05) is 18.2 Å². The third-order valence-electron chi connectivity index (χ3n) is 3.53. The van der Waals surface area contributed by atoms with E-state index in [1.165, 1.54) is 0 Å². The van der Waals surface area contributed by atoms with Crippen LogP contribution in [-0.2, 0) is 0 Å². The molecule has 0 heterocycles. The Bertz CT molecular complexity index is 408. The molecule has 3 nitrogen and oxygen atoms in total. The fourth-order valence-electron chi connectivity index (χ4n) is 1.33. The second kappa shape index (κ2) is 5.22. The van der Waals surface area contributed by atoms with E-state index < -0.39 is 8.32 Å². The molecule has 0 aromatic heterocycles. The van der Waals surface area contributed by atoms with Crippen LogP contribution in [-0.4, -0.2) is 22.5 Å². The molecule has 0 aliphatic rings. The average Bonchev–Trinajstić information content (AvgIpc) is 2.26. The molecule has 18 heavy (non-hydrogen) atoms. The van der Waals surface area contributed by atoms with Crippen molar-refractivity contribution in [1.29, 1.82) is 0 Å². The first-order valence-corrected chi connectivity index (χ1v) is 9.03. The standard InChI is InChI=1S/C14H24O3Si/c1-14(2,3)18(6,7)17-11-8-9-12(15-4)13(10-11)16-5/h8-10H,1-7H3. The quantitative estimate of drug-likeness (QED) is 0.770. The highest BCUT2D eigenvalue weighted by atomic mass is 28.4. The van der Waals surface area contributed by atoms with Crippen molar-refractivity contribution in [1.82, 2.24) is 0 Å². The highest BCUT2D eigenvalue weighted by molar-refractivity contribution is 6.74. The largest absolute Gasteiger partial charge is 0.543 e. The van der Waals surface area contributed by atoms with Crippen LogP contribution in [0.2, 0.25) is 18.1 Å². The van der Waals surface area contributed by atoms with Crippen LogP contribution in [0.15, 0.2) is 18.2 Å². The van der Waals surface area contributed by atoms with Gasteiger partial charge in [0.15, 0.2) is 11.5 Å². The number of ether oxygens (including phenoxy) is 2. The smallest absolute Gasteiger partial charge is 0.250 e. The molecular formula is C14H24O3Si. The Kier molecular flexibility index (Phi) is 4.32. The molecule has 0 unspecified atom stereocenters. The predicted octanol–water partition coefficient (Wildman–Crippen LogP) is 4.09. The van der Waals surface area contributed by atoms with Crippen LogP contribution in [0.1, 0.15) is 20.8 Å². The van der Waals surface area contributed by atoms with Crippen molar-refractivity contribution in [3.63, 3.8) is 0 Å². The lowest BCUT2D eigenvalue weighted by molar-refractivity contribution is 0.352. The Hall–Kier alpha value is -1.16. The van der Waals surface area contributed by atoms with Gasteiger partial charge in [0, 0.05) is 6.07 Å². The fraction of sp³-hybridized carbons (Fsp3) is 0.571. The normalized spacial score (nSPS) is 12.2. The van der Waals surface area contributed by atoms with E-state index >= 15 is 0 Å². The molecule has 0 aliphatic heterocycles. The molecule has 4 heteroatoms. The molecule has 1 rings (SSSR count). The van der Waals surface area contributed by atoms with Crippen LogP contribution in [0.4, 0.5) is 0 Å². The second-order valence-electron chi connectivity index (χ2n) is 5.88. The number of hydrogen-bond donors (Lipinski definition) is 0. The summed E-state index contributed by atoms with van der Waals surface area (Å²) in [6, 6.07) is 5.70. The van der Waals surface area contributed by atoms with Gasteiger partial charge in [-0.1, -0.05) is 20.8 Å². The molecule has 0 radical (unpaired) electrons. The minimum absolute atomic E-state index is 0.181. The van der Waals surface area contributed by atoms with Crippen molar-refractivity contribution >= 4 is 8.32 Å². The van der Waals surface area contributed by atoms with Gasteiger partial charge in [0.2, 0.25) is 8.32 Å². The molecule has 0 spiro atoms. The lowest BCUT2D eigenvalue weighted by atomic mass is 10.2. The third-order valence-corrected chi connectivity index (χ3v) is 7.89. The Morgan fingerprint density at radius 1 is 0.944 bits per heavy atom. The Morgan fingerprint density at radius 2 is 1.50 bits per heavy atom. The van der Waals surface area contributed by atoms with Crippen LogP contribution in [0.3, 0.4) is 0 Å². The molecule has 0 atom stereocenters. The Labute approximate surface area is 111 Å². The number of hydrogen-bond acceptors (Lipinski definition) is 3.